The molecule has 210 valence electrons. The molecule has 2 aromatic heterocycles. The molecule has 1 aliphatic heterocycles. The summed E-state index contributed by atoms with van der Waals surface area (Å²) in [4.78, 5) is 35.2. The number of pyridine rings is 2. The lowest BCUT2D eigenvalue weighted by molar-refractivity contribution is 0.0669. The number of benzene rings is 1. The van der Waals surface area contributed by atoms with Gasteiger partial charge in [-0.1, -0.05) is 13.0 Å². The number of likely N-dealkylation sites (N-methyl/N-ethyl adjacent to an activating group) is 1. The Hall–Kier alpha value is -3.96. The highest BCUT2D eigenvalue weighted by Gasteiger charge is 2.32. The van der Waals surface area contributed by atoms with Crippen LogP contribution in [0.5, 0.6) is 5.75 Å². The Morgan fingerprint density at radius 3 is 2.55 bits per heavy atom. The molecule has 0 radical (unpaired) electrons. The monoisotopic (exact) mass is 541 g/mol. The van der Waals surface area contributed by atoms with Crippen LogP contribution in [-0.2, 0) is 19.4 Å². The van der Waals surface area contributed by atoms with E-state index in [2.05, 4.69) is 36.0 Å². The third-order valence-corrected chi connectivity index (χ3v) is 7.89. The van der Waals surface area contributed by atoms with Gasteiger partial charge in [-0.25, -0.2) is 0 Å². The number of carbonyl (C=O) groups excluding carboxylic acids is 1. The first-order chi connectivity index (χ1) is 19.2. The topological polar surface area (TPSA) is 91.5 Å². The van der Waals surface area contributed by atoms with Gasteiger partial charge in [0.05, 0.1) is 18.3 Å². The van der Waals surface area contributed by atoms with E-state index in [1.165, 1.54) is 6.20 Å². The van der Waals surface area contributed by atoms with Crippen molar-refractivity contribution >= 4 is 5.91 Å². The molecule has 0 aliphatic carbocycles. The van der Waals surface area contributed by atoms with E-state index >= 15 is 0 Å². The lowest BCUT2D eigenvalue weighted by atomic mass is 9.86. The van der Waals surface area contributed by atoms with Crippen LogP contribution in [0.3, 0.4) is 0 Å². The van der Waals surface area contributed by atoms with Crippen molar-refractivity contribution in [3.63, 3.8) is 0 Å². The summed E-state index contributed by atoms with van der Waals surface area (Å²) in [5.74, 6) is 0.448. The first-order valence-corrected chi connectivity index (χ1v) is 14.1. The van der Waals surface area contributed by atoms with Crippen molar-refractivity contribution < 1.29 is 9.53 Å². The Balaban J connectivity index is 1.78. The molecule has 40 heavy (non-hydrogen) atoms. The van der Waals surface area contributed by atoms with Crippen LogP contribution in [0.25, 0.3) is 11.1 Å². The molecule has 0 saturated heterocycles. The van der Waals surface area contributed by atoms with Gasteiger partial charge in [-0.2, -0.15) is 5.26 Å². The summed E-state index contributed by atoms with van der Waals surface area (Å²) < 4.78 is 7.39. The highest BCUT2D eigenvalue weighted by atomic mass is 16.5. The number of hydrogen-bond donors (Lipinski definition) is 0. The number of nitriles is 1. The van der Waals surface area contributed by atoms with E-state index in [9.17, 15) is 14.9 Å². The lowest BCUT2D eigenvalue weighted by Crippen LogP contribution is -2.40. The van der Waals surface area contributed by atoms with Crippen molar-refractivity contribution in [3.05, 3.63) is 80.5 Å². The second-order valence-corrected chi connectivity index (χ2v) is 10.4. The van der Waals surface area contributed by atoms with Crippen LogP contribution >= 0.6 is 0 Å². The molecule has 0 bridgehead atoms. The summed E-state index contributed by atoms with van der Waals surface area (Å²) in [6.07, 6.45) is 4.96. The summed E-state index contributed by atoms with van der Waals surface area (Å²) in [6.45, 7) is 13.3. The minimum Gasteiger partial charge on any atom is -0.492 e. The molecule has 0 spiro atoms. The summed E-state index contributed by atoms with van der Waals surface area (Å²) in [5.41, 5.74) is 6.80. The zero-order valence-corrected chi connectivity index (χ0v) is 24.5. The summed E-state index contributed by atoms with van der Waals surface area (Å²) in [5, 5.41) is 9.43. The highest BCUT2D eigenvalue weighted by Crippen LogP contribution is 2.36. The standard InChI is InChI=1S/C32H39N5O3/c1-7-35(6)12-10-23-15-26(28-20-36(8-2)31(38)14-21(28)4)25-11-13-37(32(39)27(25)16-23)22(5)29-17-30(40-9-3)24(18-33)19-34-29/h14-17,19-20,22H,7-13H2,1-6H3. The predicted octanol–water partition coefficient (Wildman–Crippen LogP) is 4.76. The fourth-order valence-corrected chi connectivity index (χ4v) is 5.31. The lowest BCUT2D eigenvalue weighted by Gasteiger charge is -2.35. The number of nitrogens with zero attached hydrogens (tertiary/aromatic N) is 5. The minimum atomic E-state index is -0.297. The Morgan fingerprint density at radius 1 is 1.12 bits per heavy atom. The molecule has 8 nitrogen and oxygen atoms in total. The van der Waals surface area contributed by atoms with Crippen molar-refractivity contribution in [2.45, 2.75) is 60.0 Å². The average Bonchev–Trinajstić information content (AvgIpc) is 2.96. The number of rotatable bonds is 10. The van der Waals surface area contributed by atoms with E-state index in [1.54, 1.807) is 16.7 Å². The van der Waals surface area contributed by atoms with Crippen LogP contribution in [0.2, 0.25) is 0 Å². The molecular weight excluding hydrogens is 502 g/mol. The van der Waals surface area contributed by atoms with Gasteiger partial charge >= 0.3 is 0 Å². The second kappa shape index (κ2) is 12.5. The van der Waals surface area contributed by atoms with Crippen molar-refractivity contribution in [2.75, 3.05) is 33.3 Å². The van der Waals surface area contributed by atoms with Gasteiger partial charge in [0.2, 0.25) is 0 Å². The molecule has 0 saturated carbocycles. The number of amides is 1. The molecular formula is C32H39N5O3. The van der Waals surface area contributed by atoms with Crippen LogP contribution in [0.1, 0.15) is 72.0 Å². The van der Waals surface area contributed by atoms with Crippen molar-refractivity contribution in [1.82, 2.24) is 19.4 Å². The second-order valence-electron chi connectivity index (χ2n) is 10.4. The van der Waals surface area contributed by atoms with Crippen LogP contribution in [-0.4, -0.2) is 58.5 Å². The molecule has 3 aromatic rings. The number of ether oxygens (including phenoxy) is 1. The third kappa shape index (κ3) is 5.80. The number of carbonyl (C=O) groups is 1. The smallest absolute Gasteiger partial charge is 0.254 e. The van der Waals surface area contributed by atoms with Gasteiger partial charge in [-0.05, 0) is 82.4 Å². The average molecular weight is 542 g/mol. The van der Waals surface area contributed by atoms with Crippen LogP contribution < -0.4 is 10.3 Å². The maximum Gasteiger partial charge on any atom is 0.254 e. The number of fused-ring (bicyclic) bond motifs is 1. The maximum absolute atomic E-state index is 14.1. The predicted molar refractivity (Wildman–Crippen MR) is 157 cm³/mol. The molecule has 1 unspecified atom stereocenters. The Morgan fingerprint density at radius 2 is 1.88 bits per heavy atom. The Labute approximate surface area is 236 Å². The van der Waals surface area contributed by atoms with E-state index in [0.29, 0.717) is 48.7 Å². The maximum atomic E-state index is 14.1. The van der Waals surface area contributed by atoms with Crippen molar-refractivity contribution in [3.8, 4) is 22.9 Å². The summed E-state index contributed by atoms with van der Waals surface area (Å²) >= 11 is 0. The SMILES string of the molecule is CCOc1cc(C(C)N2CCc3c(cc(CCN(C)CC)cc3-c3cn(CC)c(=O)cc3C)C2=O)ncc1C#N. The molecule has 0 fully saturated rings. The third-order valence-electron chi connectivity index (χ3n) is 7.89. The molecule has 3 heterocycles. The van der Waals surface area contributed by atoms with E-state index in [-0.39, 0.29) is 17.5 Å². The first-order valence-electron chi connectivity index (χ1n) is 14.1. The van der Waals surface area contributed by atoms with Gasteiger partial charge in [0.25, 0.3) is 11.5 Å². The highest BCUT2D eigenvalue weighted by molar-refractivity contribution is 5.99. The van der Waals surface area contributed by atoms with E-state index < -0.39 is 0 Å². The largest absolute Gasteiger partial charge is 0.492 e. The molecule has 0 N–H and O–H groups in total. The Kier molecular flexibility index (Phi) is 9.06. The zero-order chi connectivity index (χ0) is 29.0. The fraction of sp³-hybridized carbons (Fsp3) is 0.438. The van der Waals surface area contributed by atoms with Gasteiger partial charge in [-0.3, -0.25) is 14.6 Å². The minimum absolute atomic E-state index is 0.0178. The van der Waals surface area contributed by atoms with Crippen molar-refractivity contribution in [1.29, 1.82) is 5.26 Å². The number of aromatic nitrogens is 2. The zero-order valence-electron chi connectivity index (χ0n) is 24.5. The Bertz CT molecular complexity index is 1500. The fourth-order valence-electron chi connectivity index (χ4n) is 5.31. The molecule has 1 amide bonds. The van der Waals surface area contributed by atoms with Crippen LogP contribution in [0.4, 0.5) is 0 Å². The van der Waals surface area contributed by atoms with E-state index in [1.807, 2.05) is 44.9 Å². The number of aryl methyl sites for hydroxylation is 2. The molecule has 1 atom stereocenters. The molecule has 1 aliphatic rings. The molecule has 1 aromatic carbocycles. The first kappa shape index (κ1) is 29.0. The van der Waals surface area contributed by atoms with Gasteiger partial charge in [0.15, 0.2) is 0 Å². The van der Waals surface area contributed by atoms with Crippen LogP contribution in [0.15, 0.2) is 41.5 Å². The quantitative estimate of drug-likeness (QED) is 0.368. The van der Waals surface area contributed by atoms with E-state index in [4.69, 9.17) is 4.74 Å². The van der Waals surface area contributed by atoms with Gasteiger partial charge in [0.1, 0.15) is 17.4 Å². The van der Waals surface area contributed by atoms with Gasteiger partial charge in [0, 0.05) is 55.3 Å². The van der Waals surface area contributed by atoms with Crippen LogP contribution in [0, 0.1) is 18.3 Å². The summed E-state index contributed by atoms with van der Waals surface area (Å²) in [7, 11) is 2.09. The van der Waals surface area contributed by atoms with Gasteiger partial charge in [-0.15, -0.1) is 0 Å². The number of hydrogen-bond acceptors (Lipinski definition) is 6. The van der Waals surface area contributed by atoms with Gasteiger partial charge < -0.3 is 19.1 Å². The van der Waals surface area contributed by atoms with Crippen molar-refractivity contribution in [2.24, 2.45) is 0 Å². The van der Waals surface area contributed by atoms with E-state index in [0.717, 1.165) is 47.3 Å². The molecule has 4 rings (SSSR count). The normalized spacial score (nSPS) is 13.8. The molecule has 8 heteroatoms. The summed E-state index contributed by atoms with van der Waals surface area (Å²) in [6, 6.07) is 9.54.